The van der Waals surface area contributed by atoms with Gasteiger partial charge in [0.05, 0.1) is 6.04 Å². The van der Waals surface area contributed by atoms with Crippen molar-refractivity contribution in [1.29, 1.82) is 0 Å². The van der Waals surface area contributed by atoms with Crippen LogP contribution in [0.5, 0.6) is 0 Å². The Kier molecular flexibility index (Phi) is 3.04. The molecule has 3 heteroatoms. The van der Waals surface area contributed by atoms with Gasteiger partial charge in [-0.25, -0.2) is 4.39 Å². The average Bonchev–Trinajstić information content (AvgIpc) is 2.99. The van der Waals surface area contributed by atoms with Gasteiger partial charge in [0.1, 0.15) is 6.67 Å². The van der Waals surface area contributed by atoms with Gasteiger partial charge in [-0.05, 0) is 24.5 Å². The van der Waals surface area contributed by atoms with Gasteiger partial charge in [-0.3, -0.25) is 0 Å². The molecule has 1 N–H and O–H groups in total. The van der Waals surface area contributed by atoms with Crippen LogP contribution in [0.3, 0.4) is 0 Å². The molecule has 0 radical (unpaired) electrons. The quantitative estimate of drug-likeness (QED) is 0.811. The van der Waals surface area contributed by atoms with Crippen LogP contribution in [-0.4, -0.2) is 12.7 Å². The first kappa shape index (κ1) is 9.94. The van der Waals surface area contributed by atoms with E-state index in [4.69, 9.17) is 11.6 Å². The molecular weight excluding hydrogens is 201 g/mol. The van der Waals surface area contributed by atoms with Crippen LogP contribution in [0.1, 0.15) is 24.4 Å². The number of hydrogen-bond donors (Lipinski definition) is 1. The molecule has 14 heavy (non-hydrogen) atoms. The largest absolute Gasteiger partial charge is 0.305 e. The summed E-state index contributed by atoms with van der Waals surface area (Å²) in [6, 6.07) is 7.68. The highest BCUT2D eigenvalue weighted by Crippen LogP contribution is 2.28. The SMILES string of the molecule is FCC(NC1CC1)c1ccccc1Cl. The lowest BCUT2D eigenvalue weighted by atomic mass is 10.1. The highest BCUT2D eigenvalue weighted by molar-refractivity contribution is 6.31. The van der Waals surface area contributed by atoms with Crippen LogP contribution in [0.25, 0.3) is 0 Å². The number of hydrogen-bond acceptors (Lipinski definition) is 1. The fourth-order valence-electron chi connectivity index (χ4n) is 1.51. The maximum atomic E-state index is 12.8. The van der Waals surface area contributed by atoms with E-state index in [1.807, 2.05) is 18.2 Å². The second-order valence-electron chi connectivity index (χ2n) is 3.67. The molecule has 0 bridgehead atoms. The van der Waals surface area contributed by atoms with E-state index in [0.717, 1.165) is 18.4 Å². The number of nitrogens with one attached hydrogen (secondary N) is 1. The summed E-state index contributed by atoms with van der Waals surface area (Å²) in [5, 5.41) is 3.88. The zero-order chi connectivity index (χ0) is 9.97. The number of benzene rings is 1. The van der Waals surface area contributed by atoms with E-state index in [-0.39, 0.29) is 6.04 Å². The highest BCUT2D eigenvalue weighted by Gasteiger charge is 2.26. The van der Waals surface area contributed by atoms with Crippen molar-refractivity contribution in [1.82, 2.24) is 5.32 Å². The molecule has 2 rings (SSSR count). The van der Waals surface area contributed by atoms with E-state index in [1.165, 1.54) is 0 Å². The van der Waals surface area contributed by atoms with E-state index in [9.17, 15) is 4.39 Å². The lowest BCUT2D eigenvalue weighted by molar-refractivity contribution is 0.380. The van der Waals surface area contributed by atoms with Crippen LogP contribution >= 0.6 is 11.6 Å². The van der Waals surface area contributed by atoms with Crippen LogP contribution < -0.4 is 5.32 Å². The van der Waals surface area contributed by atoms with Crippen LogP contribution in [0.15, 0.2) is 24.3 Å². The fraction of sp³-hybridized carbons (Fsp3) is 0.455. The zero-order valence-electron chi connectivity index (χ0n) is 7.84. The fourth-order valence-corrected chi connectivity index (χ4v) is 1.78. The van der Waals surface area contributed by atoms with Crippen molar-refractivity contribution in [2.24, 2.45) is 0 Å². The molecule has 0 heterocycles. The topological polar surface area (TPSA) is 12.0 Å². The summed E-state index contributed by atoms with van der Waals surface area (Å²) in [5.41, 5.74) is 0.864. The molecule has 0 aromatic heterocycles. The minimum Gasteiger partial charge on any atom is -0.305 e. The van der Waals surface area contributed by atoms with Gasteiger partial charge in [0.2, 0.25) is 0 Å². The van der Waals surface area contributed by atoms with Gasteiger partial charge in [-0.2, -0.15) is 0 Å². The maximum Gasteiger partial charge on any atom is 0.109 e. The standard InChI is InChI=1S/C11H13ClFN/c12-10-4-2-1-3-9(10)11(7-13)14-8-5-6-8/h1-4,8,11,14H,5-7H2. The lowest BCUT2D eigenvalue weighted by Gasteiger charge is -2.16. The molecule has 1 saturated carbocycles. The van der Waals surface area contributed by atoms with E-state index < -0.39 is 6.67 Å². The molecule has 1 aromatic carbocycles. The Morgan fingerprint density at radius 1 is 1.43 bits per heavy atom. The summed E-state index contributed by atoms with van der Waals surface area (Å²) in [4.78, 5) is 0. The normalized spacial score (nSPS) is 18.1. The Morgan fingerprint density at radius 3 is 2.71 bits per heavy atom. The van der Waals surface area contributed by atoms with E-state index >= 15 is 0 Å². The Hall–Kier alpha value is -0.600. The van der Waals surface area contributed by atoms with Crippen LogP contribution in [-0.2, 0) is 0 Å². The molecule has 0 aliphatic heterocycles. The minimum atomic E-state index is -0.403. The Balaban J connectivity index is 2.12. The second kappa shape index (κ2) is 4.28. The van der Waals surface area contributed by atoms with Crippen molar-refractivity contribution >= 4 is 11.6 Å². The third-order valence-corrected chi connectivity index (χ3v) is 2.79. The van der Waals surface area contributed by atoms with Gasteiger partial charge in [-0.1, -0.05) is 29.8 Å². The van der Waals surface area contributed by atoms with Gasteiger partial charge in [0.15, 0.2) is 0 Å². The molecule has 1 nitrogen and oxygen atoms in total. The van der Waals surface area contributed by atoms with Gasteiger partial charge in [-0.15, -0.1) is 0 Å². The number of rotatable bonds is 4. The molecule has 1 aliphatic carbocycles. The van der Waals surface area contributed by atoms with Crippen molar-refractivity contribution in [2.45, 2.75) is 24.9 Å². The van der Waals surface area contributed by atoms with E-state index in [0.29, 0.717) is 11.1 Å². The first-order chi connectivity index (χ1) is 6.81. The molecule has 1 unspecified atom stereocenters. The monoisotopic (exact) mass is 213 g/mol. The van der Waals surface area contributed by atoms with Gasteiger partial charge in [0, 0.05) is 11.1 Å². The smallest absolute Gasteiger partial charge is 0.109 e. The molecule has 76 valence electrons. The van der Waals surface area contributed by atoms with Gasteiger partial charge in [0.25, 0.3) is 0 Å². The third kappa shape index (κ3) is 2.25. The molecule has 1 fully saturated rings. The first-order valence-electron chi connectivity index (χ1n) is 4.87. The molecule has 1 aliphatic rings. The first-order valence-corrected chi connectivity index (χ1v) is 5.25. The predicted octanol–water partition coefficient (Wildman–Crippen LogP) is 3.10. The molecule has 0 spiro atoms. The zero-order valence-corrected chi connectivity index (χ0v) is 8.60. The Labute approximate surface area is 88.3 Å². The summed E-state index contributed by atoms with van der Waals surface area (Å²) in [6.45, 7) is -0.403. The summed E-state index contributed by atoms with van der Waals surface area (Å²) in [5.74, 6) is 0. The molecule has 1 atom stereocenters. The Bertz CT molecular complexity index is 312. The summed E-state index contributed by atoms with van der Waals surface area (Å²) >= 11 is 5.99. The Morgan fingerprint density at radius 2 is 2.14 bits per heavy atom. The highest BCUT2D eigenvalue weighted by atomic mass is 35.5. The second-order valence-corrected chi connectivity index (χ2v) is 4.08. The third-order valence-electron chi connectivity index (χ3n) is 2.45. The maximum absolute atomic E-state index is 12.8. The van der Waals surface area contributed by atoms with Crippen molar-refractivity contribution in [3.8, 4) is 0 Å². The number of halogens is 2. The van der Waals surface area contributed by atoms with Gasteiger partial charge >= 0.3 is 0 Å². The molecule has 1 aromatic rings. The average molecular weight is 214 g/mol. The minimum absolute atomic E-state index is 0.240. The van der Waals surface area contributed by atoms with Crippen LogP contribution in [0, 0.1) is 0 Å². The number of alkyl halides is 1. The van der Waals surface area contributed by atoms with Crippen molar-refractivity contribution in [2.75, 3.05) is 6.67 Å². The van der Waals surface area contributed by atoms with Crippen molar-refractivity contribution < 1.29 is 4.39 Å². The van der Waals surface area contributed by atoms with Crippen molar-refractivity contribution in [3.05, 3.63) is 34.9 Å². The van der Waals surface area contributed by atoms with Gasteiger partial charge < -0.3 is 5.32 Å². The molecular formula is C11H13ClFN. The molecule has 0 saturated heterocycles. The van der Waals surface area contributed by atoms with Crippen LogP contribution in [0.4, 0.5) is 4.39 Å². The van der Waals surface area contributed by atoms with Crippen molar-refractivity contribution in [3.63, 3.8) is 0 Å². The summed E-state index contributed by atoms with van der Waals surface area (Å²) in [6.07, 6.45) is 2.31. The summed E-state index contributed by atoms with van der Waals surface area (Å²) < 4.78 is 12.8. The van der Waals surface area contributed by atoms with Crippen LogP contribution in [0.2, 0.25) is 5.02 Å². The van der Waals surface area contributed by atoms with E-state index in [2.05, 4.69) is 5.32 Å². The molecule has 0 amide bonds. The van der Waals surface area contributed by atoms with E-state index in [1.54, 1.807) is 6.07 Å². The lowest BCUT2D eigenvalue weighted by Crippen LogP contribution is -2.25. The summed E-state index contributed by atoms with van der Waals surface area (Å²) in [7, 11) is 0. The predicted molar refractivity (Wildman–Crippen MR) is 56.3 cm³/mol.